The van der Waals surface area contributed by atoms with Crippen LogP contribution in [0.5, 0.6) is 0 Å². The molecule has 0 saturated carbocycles. The van der Waals surface area contributed by atoms with Crippen LogP contribution in [0, 0.1) is 0 Å². The average molecular weight is 621 g/mol. The standard InChI is InChI=1S/C27H27Cl2N5O6S/c1-27(2,3)40-26(38)31-15-23(35)34-41(4,39)19-9-5-16(6-10-19)24(36)32-21-11-7-17(28)13-20(21)25(37)33-22-12-8-18(29)14-30-22/h5-14H,15H2,1-4H3,(H,31,38)(H,32,36)(H,30,33,37). The number of anilines is 2. The Morgan fingerprint density at radius 3 is 2.20 bits per heavy atom. The first-order chi connectivity index (χ1) is 19.1. The summed E-state index contributed by atoms with van der Waals surface area (Å²) >= 11 is 11.9. The highest BCUT2D eigenvalue weighted by atomic mass is 35.5. The van der Waals surface area contributed by atoms with E-state index in [9.17, 15) is 23.4 Å². The van der Waals surface area contributed by atoms with Gasteiger partial charge in [0.2, 0.25) is 0 Å². The summed E-state index contributed by atoms with van der Waals surface area (Å²) in [6.45, 7) is 4.53. The van der Waals surface area contributed by atoms with E-state index in [-0.39, 0.29) is 32.6 Å². The van der Waals surface area contributed by atoms with E-state index in [0.29, 0.717) is 5.02 Å². The molecule has 1 heterocycles. The fraction of sp³-hybridized carbons (Fsp3) is 0.222. The van der Waals surface area contributed by atoms with Crippen LogP contribution in [0.25, 0.3) is 0 Å². The third-order valence-corrected chi connectivity index (χ3v) is 7.21. The molecular formula is C27H27Cl2N5O6S. The van der Waals surface area contributed by atoms with E-state index in [1.165, 1.54) is 61.0 Å². The predicted molar refractivity (Wildman–Crippen MR) is 157 cm³/mol. The van der Waals surface area contributed by atoms with E-state index in [1.54, 1.807) is 26.8 Å². The highest BCUT2D eigenvalue weighted by molar-refractivity contribution is 7.93. The lowest BCUT2D eigenvalue weighted by Crippen LogP contribution is -2.35. The van der Waals surface area contributed by atoms with Crippen molar-refractivity contribution in [2.75, 3.05) is 23.4 Å². The number of alkyl carbamates (subject to hydrolysis) is 1. The van der Waals surface area contributed by atoms with Gasteiger partial charge in [0, 0.05) is 27.9 Å². The third-order valence-electron chi connectivity index (χ3n) is 5.06. The van der Waals surface area contributed by atoms with E-state index in [4.69, 9.17) is 27.9 Å². The molecule has 1 aromatic heterocycles. The van der Waals surface area contributed by atoms with Crippen molar-refractivity contribution in [2.45, 2.75) is 31.3 Å². The minimum absolute atomic E-state index is 0.0908. The molecule has 0 aliphatic carbocycles. The van der Waals surface area contributed by atoms with Gasteiger partial charge in [0.1, 0.15) is 18.0 Å². The first-order valence-electron chi connectivity index (χ1n) is 12.0. The number of amides is 4. The summed E-state index contributed by atoms with van der Waals surface area (Å²) in [6.07, 6.45) is 1.84. The zero-order chi connectivity index (χ0) is 30.4. The monoisotopic (exact) mass is 619 g/mol. The van der Waals surface area contributed by atoms with Crippen molar-refractivity contribution in [1.82, 2.24) is 10.3 Å². The number of hydrogen-bond donors (Lipinski definition) is 3. The van der Waals surface area contributed by atoms with Crippen LogP contribution in [0.1, 0.15) is 41.5 Å². The molecule has 4 amide bonds. The third kappa shape index (κ3) is 9.55. The zero-order valence-corrected chi connectivity index (χ0v) is 24.8. The fourth-order valence-corrected chi connectivity index (χ4v) is 4.72. The number of nitrogens with zero attached hydrogens (tertiary/aromatic N) is 2. The average Bonchev–Trinajstić information content (AvgIpc) is 2.88. The maximum Gasteiger partial charge on any atom is 0.408 e. The number of rotatable bonds is 7. The van der Waals surface area contributed by atoms with Crippen LogP contribution in [-0.4, -0.2) is 51.4 Å². The summed E-state index contributed by atoms with van der Waals surface area (Å²) in [5.74, 6) is -1.69. The van der Waals surface area contributed by atoms with Crippen molar-refractivity contribution >= 4 is 68.3 Å². The molecule has 0 bridgehead atoms. The van der Waals surface area contributed by atoms with Crippen LogP contribution in [0.2, 0.25) is 10.0 Å². The van der Waals surface area contributed by atoms with Gasteiger partial charge < -0.3 is 20.7 Å². The van der Waals surface area contributed by atoms with E-state index < -0.39 is 45.7 Å². The lowest BCUT2D eigenvalue weighted by atomic mass is 10.1. The molecule has 11 nitrogen and oxygen atoms in total. The Bertz CT molecular complexity index is 1600. The van der Waals surface area contributed by atoms with Crippen LogP contribution >= 0.6 is 23.2 Å². The second kappa shape index (κ2) is 13.1. The summed E-state index contributed by atoms with van der Waals surface area (Å²) in [7, 11) is -3.18. The minimum Gasteiger partial charge on any atom is -0.444 e. The van der Waals surface area contributed by atoms with Gasteiger partial charge in [-0.1, -0.05) is 23.2 Å². The normalized spacial score (nSPS) is 12.4. The molecule has 0 spiro atoms. The van der Waals surface area contributed by atoms with Gasteiger partial charge in [0.05, 0.1) is 26.0 Å². The van der Waals surface area contributed by atoms with Crippen LogP contribution < -0.4 is 16.0 Å². The molecule has 41 heavy (non-hydrogen) atoms. The molecule has 1 unspecified atom stereocenters. The van der Waals surface area contributed by atoms with Gasteiger partial charge in [0.15, 0.2) is 0 Å². The van der Waals surface area contributed by atoms with Crippen LogP contribution in [0.4, 0.5) is 16.3 Å². The van der Waals surface area contributed by atoms with Crippen molar-refractivity contribution in [3.63, 3.8) is 0 Å². The van der Waals surface area contributed by atoms with Crippen molar-refractivity contribution in [2.24, 2.45) is 4.36 Å². The van der Waals surface area contributed by atoms with Crippen LogP contribution in [-0.2, 0) is 19.3 Å². The molecular weight excluding hydrogens is 593 g/mol. The Labute approximate surface area is 247 Å². The van der Waals surface area contributed by atoms with Gasteiger partial charge in [-0.05, 0) is 75.4 Å². The Kier molecular flexibility index (Phi) is 10.1. The zero-order valence-electron chi connectivity index (χ0n) is 22.5. The number of carbonyl (C=O) groups is 4. The highest BCUT2D eigenvalue weighted by Gasteiger charge is 2.19. The lowest BCUT2D eigenvalue weighted by Gasteiger charge is -2.19. The SMILES string of the molecule is CC(C)(C)OC(=O)NCC(=O)N=S(C)(=O)c1ccc(C(=O)Nc2ccc(Cl)cc2C(=O)Nc2ccc(Cl)cn2)cc1. The van der Waals surface area contributed by atoms with Crippen molar-refractivity contribution in [3.05, 3.63) is 82.0 Å². The maximum absolute atomic E-state index is 13.1. The first-order valence-corrected chi connectivity index (χ1v) is 14.7. The van der Waals surface area contributed by atoms with Gasteiger partial charge in [-0.25, -0.2) is 14.0 Å². The second-order valence-electron chi connectivity index (χ2n) is 9.63. The van der Waals surface area contributed by atoms with Gasteiger partial charge in [-0.3, -0.25) is 14.4 Å². The number of pyridine rings is 1. The quantitative estimate of drug-likeness (QED) is 0.319. The largest absolute Gasteiger partial charge is 0.444 e. The molecule has 2 aromatic carbocycles. The van der Waals surface area contributed by atoms with E-state index in [2.05, 4.69) is 25.3 Å². The number of nitrogens with one attached hydrogen (secondary N) is 3. The smallest absolute Gasteiger partial charge is 0.408 e. The van der Waals surface area contributed by atoms with Crippen molar-refractivity contribution in [3.8, 4) is 0 Å². The molecule has 216 valence electrons. The topological polar surface area (TPSA) is 156 Å². The molecule has 3 aromatic rings. The number of hydrogen-bond acceptors (Lipinski definition) is 7. The Hall–Kier alpha value is -4.00. The Balaban J connectivity index is 1.71. The van der Waals surface area contributed by atoms with Crippen LogP contribution in [0.3, 0.4) is 0 Å². The van der Waals surface area contributed by atoms with Gasteiger partial charge in [-0.2, -0.15) is 4.36 Å². The number of benzene rings is 2. The van der Waals surface area contributed by atoms with Crippen molar-refractivity contribution < 1.29 is 28.1 Å². The molecule has 0 aliphatic heterocycles. The fourth-order valence-electron chi connectivity index (χ4n) is 3.24. The van der Waals surface area contributed by atoms with Gasteiger partial charge in [-0.15, -0.1) is 0 Å². The molecule has 0 saturated heterocycles. The van der Waals surface area contributed by atoms with Crippen molar-refractivity contribution in [1.29, 1.82) is 0 Å². The van der Waals surface area contributed by atoms with E-state index in [1.807, 2.05) is 0 Å². The van der Waals surface area contributed by atoms with E-state index in [0.717, 1.165) is 0 Å². The predicted octanol–water partition coefficient (Wildman–Crippen LogP) is 5.40. The molecule has 0 fully saturated rings. The number of aromatic nitrogens is 1. The molecule has 1 atom stereocenters. The minimum atomic E-state index is -3.18. The first kappa shape index (κ1) is 31.5. The van der Waals surface area contributed by atoms with Crippen LogP contribution in [0.15, 0.2) is 70.1 Å². The van der Waals surface area contributed by atoms with Gasteiger partial charge >= 0.3 is 6.09 Å². The number of ether oxygens (including phenoxy) is 1. The molecule has 0 radical (unpaired) electrons. The summed E-state index contributed by atoms with van der Waals surface area (Å²) in [4.78, 5) is 54.0. The highest BCUT2D eigenvalue weighted by Crippen LogP contribution is 2.23. The number of halogens is 2. The summed E-state index contributed by atoms with van der Waals surface area (Å²) in [5.41, 5.74) is -0.282. The molecule has 3 rings (SSSR count). The van der Waals surface area contributed by atoms with Gasteiger partial charge in [0.25, 0.3) is 17.7 Å². The number of carbonyl (C=O) groups excluding carboxylic acids is 4. The Morgan fingerprint density at radius 1 is 0.927 bits per heavy atom. The maximum atomic E-state index is 13.1. The van der Waals surface area contributed by atoms with E-state index >= 15 is 0 Å². The molecule has 3 N–H and O–H groups in total. The molecule has 0 aliphatic rings. The summed E-state index contributed by atoms with van der Waals surface area (Å²) in [5, 5.41) is 8.22. The lowest BCUT2D eigenvalue weighted by molar-refractivity contribution is -0.116. The molecule has 14 heteroatoms. The summed E-state index contributed by atoms with van der Waals surface area (Å²) < 4.78 is 21.8. The summed E-state index contributed by atoms with van der Waals surface area (Å²) in [6, 6.07) is 13.1. The second-order valence-corrected chi connectivity index (χ2v) is 12.8. The Morgan fingerprint density at radius 2 is 1.59 bits per heavy atom.